The Kier molecular flexibility index (Phi) is 5.98. The highest BCUT2D eigenvalue weighted by Crippen LogP contribution is 2.55. The number of benzene rings is 1. The van der Waals surface area contributed by atoms with Gasteiger partial charge in [-0.1, -0.05) is 24.3 Å². The molecule has 168 valence electrons. The molecule has 1 aromatic carbocycles. The van der Waals surface area contributed by atoms with Gasteiger partial charge in [0.1, 0.15) is 6.04 Å². The average Bonchev–Trinajstić information content (AvgIpc) is 3.21. The summed E-state index contributed by atoms with van der Waals surface area (Å²) in [6.07, 6.45) is 11.6. The van der Waals surface area contributed by atoms with Gasteiger partial charge < -0.3 is 15.0 Å². The third-order valence-corrected chi connectivity index (χ3v) is 8.68. The molecular formula is C26H36N2O2S. The van der Waals surface area contributed by atoms with Crippen LogP contribution in [0.1, 0.15) is 68.9 Å². The molecule has 5 aliphatic rings. The molecule has 4 nitrogen and oxygen atoms in total. The van der Waals surface area contributed by atoms with Crippen molar-refractivity contribution in [2.45, 2.75) is 82.7 Å². The summed E-state index contributed by atoms with van der Waals surface area (Å²) in [5.41, 5.74) is 2.75. The van der Waals surface area contributed by atoms with E-state index in [1.807, 2.05) is 4.90 Å². The lowest BCUT2D eigenvalue weighted by molar-refractivity contribution is -0.0156. The van der Waals surface area contributed by atoms with Crippen LogP contribution in [0.15, 0.2) is 24.3 Å². The monoisotopic (exact) mass is 440 g/mol. The zero-order valence-electron chi connectivity index (χ0n) is 18.8. The van der Waals surface area contributed by atoms with E-state index >= 15 is 0 Å². The summed E-state index contributed by atoms with van der Waals surface area (Å²) in [7, 11) is 0. The lowest BCUT2D eigenvalue weighted by Gasteiger charge is -2.57. The maximum Gasteiger partial charge on any atom is 0.318 e. The van der Waals surface area contributed by atoms with Crippen molar-refractivity contribution in [3.63, 3.8) is 0 Å². The van der Waals surface area contributed by atoms with Gasteiger partial charge in [-0.2, -0.15) is 0 Å². The quantitative estimate of drug-likeness (QED) is 0.475. The molecular weight excluding hydrogens is 404 g/mol. The second kappa shape index (κ2) is 8.73. The minimum Gasteiger partial charge on any atom is -0.485 e. The summed E-state index contributed by atoms with van der Waals surface area (Å²) in [4.78, 5) is 15.3. The Bertz CT molecular complexity index is 803. The van der Waals surface area contributed by atoms with Crippen molar-refractivity contribution in [1.29, 1.82) is 0 Å². The Morgan fingerprint density at radius 2 is 1.84 bits per heavy atom. The third-order valence-electron chi connectivity index (χ3n) is 8.29. The molecule has 1 heterocycles. The smallest absolute Gasteiger partial charge is 0.318 e. The molecule has 5 fully saturated rings. The van der Waals surface area contributed by atoms with Crippen molar-refractivity contribution < 1.29 is 9.53 Å². The molecule has 0 aromatic heterocycles. The largest absolute Gasteiger partial charge is 0.485 e. The van der Waals surface area contributed by atoms with Crippen LogP contribution in [0.25, 0.3) is 0 Å². The predicted molar refractivity (Wildman–Crippen MR) is 127 cm³/mol. The van der Waals surface area contributed by atoms with Gasteiger partial charge in [-0.15, -0.1) is 0 Å². The van der Waals surface area contributed by atoms with Crippen LogP contribution < -0.4 is 5.32 Å². The first-order valence-electron chi connectivity index (χ1n) is 12.3. The summed E-state index contributed by atoms with van der Waals surface area (Å²) < 4.78 is 5.97. The van der Waals surface area contributed by atoms with Crippen LogP contribution >= 0.6 is 12.2 Å². The number of nitrogens with zero attached hydrogens (tertiary/aromatic N) is 1. The topological polar surface area (TPSA) is 41.6 Å². The summed E-state index contributed by atoms with van der Waals surface area (Å²) in [6, 6.07) is 8.54. The van der Waals surface area contributed by atoms with Gasteiger partial charge in [0.2, 0.25) is 0 Å². The zero-order valence-corrected chi connectivity index (χ0v) is 19.6. The Hall–Kier alpha value is -1.62. The maximum absolute atomic E-state index is 13.3. The minimum atomic E-state index is -0.0534. The van der Waals surface area contributed by atoms with E-state index in [2.05, 4.69) is 36.5 Å². The number of ether oxygens (including phenoxy) is 1. The van der Waals surface area contributed by atoms with Crippen LogP contribution in [-0.4, -0.2) is 40.7 Å². The number of aryl methyl sites for hydroxylation is 2. The first-order valence-corrected chi connectivity index (χ1v) is 12.7. The standard InChI is InChI=1S/C26H36N2O2S/c1-18-6-2-3-7-22(18)8-5-11-30-24(31)23-9-4-10-28(23)25(29)27-26-15-19-12-20(16-26)14-21(13-19)17-26/h2-3,6-7,19-21,23H,4-5,8-17H2,1H3,(H,27,29)/t19?,20?,21?,23-,26?/m0/s1. The molecule has 1 saturated heterocycles. The average molecular weight is 441 g/mol. The number of amides is 2. The molecule has 1 N–H and O–H groups in total. The number of urea groups is 1. The molecule has 4 bridgehead atoms. The normalized spacial score (nSPS) is 33.5. The van der Waals surface area contributed by atoms with Gasteiger partial charge >= 0.3 is 6.03 Å². The molecule has 1 aromatic rings. The van der Waals surface area contributed by atoms with E-state index in [0.29, 0.717) is 11.7 Å². The van der Waals surface area contributed by atoms with Crippen molar-refractivity contribution >= 4 is 23.3 Å². The van der Waals surface area contributed by atoms with Gasteiger partial charge in [0, 0.05) is 12.1 Å². The number of rotatable bonds is 6. The van der Waals surface area contributed by atoms with Crippen molar-refractivity contribution in [1.82, 2.24) is 10.2 Å². The van der Waals surface area contributed by atoms with Crippen LogP contribution in [0.4, 0.5) is 4.79 Å². The number of hydrogen-bond acceptors (Lipinski definition) is 3. The van der Waals surface area contributed by atoms with E-state index in [0.717, 1.165) is 50.0 Å². The molecule has 31 heavy (non-hydrogen) atoms. The summed E-state index contributed by atoms with van der Waals surface area (Å²) in [6.45, 7) is 3.56. The Morgan fingerprint density at radius 1 is 1.16 bits per heavy atom. The maximum atomic E-state index is 13.3. The fourth-order valence-electron chi connectivity index (χ4n) is 7.24. The summed E-state index contributed by atoms with van der Waals surface area (Å²) in [5.74, 6) is 2.50. The van der Waals surface area contributed by atoms with Gasteiger partial charge in [-0.3, -0.25) is 0 Å². The molecule has 1 atom stereocenters. The van der Waals surface area contributed by atoms with Crippen LogP contribution in [0, 0.1) is 24.7 Å². The fraction of sp³-hybridized carbons (Fsp3) is 0.692. The van der Waals surface area contributed by atoms with Gasteiger partial charge in [-0.25, -0.2) is 4.79 Å². The second-order valence-corrected chi connectivity index (χ2v) is 11.1. The molecule has 0 unspecified atom stereocenters. The first-order chi connectivity index (χ1) is 15.0. The Balaban J connectivity index is 1.13. The molecule has 6 rings (SSSR count). The zero-order chi connectivity index (χ0) is 21.4. The number of likely N-dealkylation sites (tertiary alicyclic amines) is 1. The van der Waals surface area contributed by atoms with Crippen LogP contribution in [0.3, 0.4) is 0 Å². The summed E-state index contributed by atoms with van der Waals surface area (Å²) >= 11 is 5.64. The second-order valence-electron chi connectivity index (χ2n) is 10.7. The van der Waals surface area contributed by atoms with Gasteiger partial charge in [0.25, 0.3) is 0 Å². The Labute approximate surface area is 192 Å². The minimum absolute atomic E-state index is 0.0506. The molecule has 2 amide bonds. The SMILES string of the molecule is Cc1ccccc1CCCOC(=S)[C@@H]1CCCN1C(=O)NC12CC3CC(CC(C3)C1)C2. The number of carbonyl (C=O) groups is 1. The van der Waals surface area contributed by atoms with Gasteiger partial charge in [0.15, 0.2) is 5.05 Å². The van der Waals surface area contributed by atoms with E-state index < -0.39 is 0 Å². The first kappa shape index (κ1) is 21.2. The number of thiocarbonyl (C=S) groups is 1. The predicted octanol–water partition coefficient (Wildman–Crippen LogP) is 5.41. The highest BCUT2D eigenvalue weighted by Gasteiger charge is 2.52. The third kappa shape index (κ3) is 4.48. The lowest BCUT2D eigenvalue weighted by atomic mass is 9.53. The van der Waals surface area contributed by atoms with Gasteiger partial charge in [-0.05, 0) is 112 Å². The van der Waals surface area contributed by atoms with Gasteiger partial charge in [0.05, 0.1) is 6.61 Å². The molecule has 1 aliphatic heterocycles. The van der Waals surface area contributed by atoms with E-state index in [4.69, 9.17) is 17.0 Å². The lowest BCUT2D eigenvalue weighted by Crippen LogP contribution is -2.62. The van der Waals surface area contributed by atoms with Crippen molar-refractivity contribution in [2.75, 3.05) is 13.2 Å². The molecule has 5 heteroatoms. The van der Waals surface area contributed by atoms with Crippen molar-refractivity contribution in [3.05, 3.63) is 35.4 Å². The molecule has 4 saturated carbocycles. The molecule has 0 radical (unpaired) electrons. The van der Waals surface area contributed by atoms with Crippen LogP contribution in [0.5, 0.6) is 0 Å². The number of hydrogen-bond donors (Lipinski definition) is 1. The number of nitrogens with one attached hydrogen (secondary N) is 1. The van der Waals surface area contributed by atoms with Crippen LogP contribution in [0.2, 0.25) is 0 Å². The van der Waals surface area contributed by atoms with E-state index in [1.54, 1.807) is 0 Å². The summed E-state index contributed by atoms with van der Waals surface area (Å²) in [5, 5.41) is 4.12. The highest BCUT2D eigenvalue weighted by molar-refractivity contribution is 7.80. The van der Waals surface area contributed by atoms with Crippen molar-refractivity contribution in [3.8, 4) is 0 Å². The molecule has 0 spiro atoms. The molecule has 4 aliphatic carbocycles. The van der Waals surface area contributed by atoms with E-state index in [9.17, 15) is 4.79 Å². The number of carbonyl (C=O) groups excluding carboxylic acids is 1. The van der Waals surface area contributed by atoms with E-state index in [-0.39, 0.29) is 17.6 Å². The van der Waals surface area contributed by atoms with Crippen molar-refractivity contribution in [2.24, 2.45) is 17.8 Å². The van der Waals surface area contributed by atoms with E-state index in [1.165, 1.54) is 49.7 Å². The fourth-order valence-corrected chi connectivity index (χ4v) is 7.57. The highest BCUT2D eigenvalue weighted by atomic mass is 32.1. The van der Waals surface area contributed by atoms with Crippen LogP contribution in [-0.2, 0) is 11.2 Å². The Morgan fingerprint density at radius 3 is 2.52 bits per heavy atom.